The smallest absolute Gasteiger partial charge is 0.336 e. The van der Waals surface area contributed by atoms with Gasteiger partial charge in [-0.15, -0.1) is 0 Å². The Labute approximate surface area is 175 Å². The molecular formula is C25H24O5. The van der Waals surface area contributed by atoms with Crippen molar-refractivity contribution >= 4 is 18.0 Å². The molecule has 30 heavy (non-hydrogen) atoms. The van der Waals surface area contributed by atoms with E-state index in [0.29, 0.717) is 11.3 Å². The average Bonchev–Trinajstić information content (AvgIpc) is 3.17. The standard InChI is InChI=1S/C25H24O5/c1-24(2,3)23(28)30-21-8-6-16(13-19(21)26)7-9-22(27)29-20-10-12-25-11-4-5-18(25)14-17(20)15-25/h4,6-14,26H,5,15H2,1-3H3. The number of hydrogen-bond donors (Lipinski definition) is 1. The van der Waals surface area contributed by atoms with Crippen LogP contribution in [-0.2, 0) is 14.3 Å². The predicted molar refractivity (Wildman–Crippen MR) is 113 cm³/mol. The molecule has 2 bridgehead atoms. The summed E-state index contributed by atoms with van der Waals surface area (Å²) in [7, 11) is 0. The lowest BCUT2D eigenvalue weighted by Crippen LogP contribution is -2.25. The molecule has 0 aliphatic heterocycles. The van der Waals surface area contributed by atoms with Gasteiger partial charge in [0.15, 0.2) is 11.5 Å². The summed E-state index contributed by atoms with van der Waals surface area (Å²) in [5.41, 5.74) is 2.29. The van der Waals surface area contributed by atoms with E-state index in [0.717, 1.165) is 18.4 Å². The van der Waals surface area contributed by atoms with Crippen LogP contribution in [0.1, 0.15) is 39.2 Å². The topological polar surface area (TPSA) is 72.8 Å². The Morgan fingerprint density at radius 3 is 2.70 bits per heavy atom. The summed E-state index contributed by atoms with van der Waals surface area (Å²) in [6, 6.07) is 4.57. The van der Waals surface area contributed by atoms with Crippen molar-refractivity contribution in [2.24, 2.45) is 10.8 Å². The fraction of sp³-hybridized carbons (Fsp3) is 0.280. The second kappa shape index (κ2) is 7.17. The minimum atomic E-state index is -0.679. The number of carbonyl (C=O) groups is 2. The minimum Gasteiger partial charge on any atom is -0.504 e. The summed E-state index contributed by atoms with van der Waals surface area (Å²) in [6.45, 7) is 5.20. The minimum absolute atomic E-state index is 0.00318. The maximum absolute atomic E-state index is 12.3. The van der Waals surface area contributed by atoms with Crippen LogP contribution in [0.4, 0.5) is 0 Å². The fourth-order valence-corrected chi connectivity index (χ4v) is 3.73. The van der Waals surface area contributed by atoms with Crippen molar-refractivity contribution in [3.05, 3.63) is 77.1 Å². The van der Waals surface area contributed by atoms with E-state index in [4.69, 9.17) is 9.47 Å². The number of carbonyl (C=O) groups excluding carboxylic acids is 2. The summed E-state index contributed by atoms with van der Waals surface area (Å²) in [4.78, 5) is 24.2. The number of benzene rings is 1. The third kappa shape index (κ3) is 3.75. The van der Waals surface area contributed by atoms with Gasteiger partial charge < -0.3 is 14.6 Å². The number of aromatic hydroxyl groups is 1. The number of hydrogen-bond acceptors (Lipinski definition) is 5. The molecule has 154 valence electrons. The number of allylic oxidation sites excluding steroid dienone is 7. The number of phenols is 1. The molecule has 1 atom stereocenters. The summed E-state index contributed by atoms with van der Waals surface area (Å²) in [6.07, 6.45) is 15.1. The first-order valence-corrected chi connectivity index (χ1v) is 9.93. The Morgan fingerprint density at radius 1 is 1.17 bits per heavy atom. The van der Waals surface area contributed by atoms with Gasteiger partial charge in [-0.1, -0.05) is 35.9 Å². The van der Waals surface area contributed by atoms with Gasteiger partial charge in [-0.25, -0.2) is 4.79 Å². The van der Waals surface area contributed by atoms with Gasteiger partial charge in [-0.3, -0.25) is 4.79 Å². The van der Waals surface area contributed by atoms with Crippen molar-refractivity contribution in [1.82, 2.24) is 0 Å². The molecule has 4 rings (SSSR count). The lowest BCUT2D eigenvalue weighted by atomic mass is 9.81. The number of esters is 2. The Bertz CT molecular complexity index is 1080. The third-order valence-electron chi connectivity index (χ3n) is 5.45. The molecule has 5 heteroatoms. The van der Waals surface area contributed by atoms with E-state index in [2.05, 4.69) is 24.3 Å². The van der Waals surface area contributed by atoms with E-state index in [1.54, 1.807) is 32.9 Å². The molecule has 0 saturated carbocycles. The van der Waals surface area contributed by atoms with Gasteiger partial charge in [0.25, 0.3) is 0 Å². The van der Waals surface area contributed by atoms with E-state index in [-0.39, 0.29) is 16.9 Å². The zero-order valence-electron chi connectivity index (χ0n) is 17.3. The van der Waals surface area contributed by atoms with E-state index < -0.39 is 17.4 Å². The zero-order valence-corrected chi connectivity index (χ0v) is 17.3. The first kappa shape index (κ1) is 20.0. The Balaban J connectivity index is 1.40. The second-order valence-electron chi connectivity index (χ2n) is 8.84. The molecule has 0 aromatic heterocycles. The highest BCUT2D eigenvalue weighted by Crippen LogP contribution is 2.52. The molecule has 1 N–H and O–H groups in total. The van der Waals surface area contributed by atoms with E-state index in [9.17, 15) is 14.7 Å². The Hall–Kier alpha value is -3.34. The van der Waals surface area contributed by atoms with Gasteiger partial charge in [0.1, 0.15) is 5.76 Å². The summed E-state index contributed by atoms with van der Waals surface area (Å²) in [5.74, 6) is -0.449. The molecule has 0 amide bonds. The molecule has 1 unspecified atom stereocenters. The highest BCUT2D eigenvalue weighted by atomic mass is 16.5. The third-order valence-corrected chi connectivity index (χ3v) is 5.45. The van der Waals surface area contributed by atoms with Crippen LogP contribution in [0.15, 0.2) is 71.6 Å². The highest BCUT2D eigenvalue weighted by molar-refractivity contribution is 5.88. The SMILES string of the molecule is CC(C)(C)C(=O)Oc1ccc(C=CC(=O)OC2=C3C=C4CC=CC4(C=C2)C3)cc1O. The van der Waals surface area contributed by atoms with Crippen molar-refractivity contribution in [2.75, 3.05) is 0 Å². The summed E-state index contributed by atoms with van der Waals surface area (Å²) >= 11 is 0. The van der Waals surface area contributed by atoms with Crippen LogP contribution in [0, 0.1) is 10.8 Å². The number of ether oxygens (including phenoxy) is 2. The number of phenolic OH excluding ortho intramolecular Hbond substituents is 1. The van der Waals surface area contributed by atoms with Crippen molar-refractivity contribution in [2.45, 2.75) is 33.6 Å². The lowest BCUT2D eigenvalue weighted by molar-refractivity contribution is -0.143. The number of fused-ring (bicyclic) bond motifs is 1. The van der Waals surface area contributed by atoms with Crippen molar-refractivity contribution in [3.63, 3.8) is 0 Å². The molecule has 0 heterocycles. The average molecular weight is 404 g/mol. The largest absolute Gasteiger partial charge is 0.504 e. The first-order valence-electron chi connectivity index (χ1n) is 9.93. The van der Waals surface area contributed by atoms with Gasteiger partial charge in [-0.05, 0) is 69.0 Å². The molecule has 1 spiro atoms. The lowest BCUT2D eigenvalue weighted by Gasteiger charge is -2.23. The number of rotatable bonds is 4. The molecule has 1 aromatic rings. The molecule has 0 radical (unpaired) electrons. The Morgan fingerprint density at radius 2 is 1.97 bits per heavy atom. The fourth-order valence-electron chi connectivity index (χ4n) is 3.73. The zero-order chi connectivity index (χ0) is 21.5. The molecule has 0 saturated heterocycles. The van der Waals surface area contributed by atoms with Gasteiger partial charge >= 0.3 is 11.9 Å². The normalized spacial score (nSPS) is 21.8. The van der Waals surface area contributed by atoms with Gasteiger partial charge in [0.2, 0.25) is 0 Å². The maximum Gasteiger partial charge on any atom is 0.336 e. The van der Waals surface area contributed by atoms with Gasteiger partial charge in [0, 0.05) is 11.5 Å². The van der Waals surface area contributed by atoms with Crippen LogP contribution < -0.4 is 4.74 Å². The Kier molecular flexibility index (Phi) is 4.77. The molecule has 3 aliphatic rings. The first-order chi connectivity index (χ1) is 14.2. The van der Waals surface area contributed by atoms with E-state index in [1.807, 2.05) is 6.08 Å². The van der Waals surface area contributed by atoms with E-state index >= 15 is 0 Å². The second-order valence-corrected chi connectivity index (χ2v) is 8.84. The molecule has 5 nitrogen and oxygen atoms in total. The van der Waals surface area contributed by atoms with Crippen LogP contribution in [-0.4, -0.2) is 17.0 Å². The van der Waals surface area contributed by atoms with Crippen LogP contribution in [0.25, 0.3) is 6.08 Å². The molecular weight excluding hydrogens is 380 g/mol. The van der Waals surface area contributed by atoms with Crippen LogP contribution >= 0.6 is 0 Å². The van der Waals surface area contributed by atoms with Crippen LogP contribution in [0.2, 0.25) is 0 Å². The molecule has 3 aliphatic carbocycles. The van der Waals surface area contributed by atoms with Crippen molar-refractivity contribution in [1.29, 1.82) is 0 Å². The van der Waals surface area contributed by atoms with Crippen molar-refractivity contribution in [3.8, 4) is 11.5 Å². The molecule has 1 aromatic carbocycles. The summed E-state index contributed by atoms with van der Waals surface area (Å²) < 4.78 is 10.7. The van der Waals surface area contributed by atoms with Gasteiger partial charge in [-0.2, -0.15) is 0 Å². The quantitative estimate of drug-likeness (QED) is 0.331. The van der Waals surface area contributed by atoms with Crippen molar-refractivity contribution < 1.29 is 24.2 Å². The van der Waals surface area contributed by atoms with Crippen LogP contribution in [0.5, 0.6) is 11.5 Å². The molecule has 0 fully saturated rings. The predicted octanol–water partition coefficient (Wildman–Crippen LogP) is 5.00. The van der Waals surface area contributed by atoms with E-state index in [1.165, 1.54) is 23.8 Å². The van der Waals surface area contributed by atoms with Gasteiger partial charge in [0.05, 0.1) is 5.41 Å². The maximum atomic E-state index is 12.3. The summed E-state index contributed by atoms with van der Waals surface area (Å²) in [5, 5.41) is 10.1. The highest BCUT2D eigenvalue weighted by Gasteiger charge is 2.40. The van der Waals surface area contributed by atoms with Crippen LogP contribution in [0.3, 0.4) is 0 Å². The monoisotopic (exact) mass is 404 g/mol.